The van der Waals surface area contributed by atoms with Crippen LogP contribution in [0, 0.1) is 5.41 Å². The molecule has 0 aromatic carbocycles. The molecule has 1 aromatic heterocycles. The fraction of sp³-hybridized carbons (Fsp3) is 0.647. The van der Waals surface area contributed by atoms with Crippen molar-refractivity contribution >= 4 is 43.1 Å². The largest absolute Gasteiger partial charge is 0.352 e. The summed E-state index contributed by atoms with van der Waals surface area (Å²) in [5, 5.41) is 3.10. The van der Waals surface area contributed by atoms with E-state index in [0.29, 0.717) is 0 Å². The van der Waals surface area contributed by atoms with Gasteiger partial charge in [-0.2, -0.15) is 0 Å². The minimum atomic E-state index is -0.459. The Labute approximate surface area is 169 Å². The maximum atomic E-state index is 12.2. The van der Waals surface area contributed by atoms with E-state index in [1.165, 1.54) is 0 Å². The van der Waals surface area contributed by atoms with Crippen LogP contribution in [0.25, 0.3) is 0 Å². The third kappa shape index (κ3) is 8.56. The predicted molar refractivity (Wildman–Crippen MR) is 110 cm³/mol. The van der Waals surface area contributed by atoms with Crippen LogP contribution in [0.15, 0.2) is 24.4 Å². The van der Waals surface area contributed by atoms with Crippen LogP contribution in [0.2, 0.25) is 0 Å². The first-order chi connectivity index (χ1) is 10.4. The van der Waals surface area contributed by atoms with E-state index in [1.807, 2.05) is 39.1 Å². The van der Waals surface area contributed by atoms with Crippen molar-refractivity contribution in [1.29, 1.82) is 0 Å². The van der Waals surface area contributed by atoms with Gasteiger partial charge in [-0.15, -0.1) is 37.2 Å². The molecule has 1 saturated heterocycles. The van der Waals surface area contributed by atoms with E-state index in [0.717, 1.165) is 38.2 Å². The molecule has 2 heterocycles. The van der Waals surface area contributed by atoms with Gasteiger partial charge in [-0.25, -0.2) is 0 Å². The molecule has 5 nitrogen and oxygen atoms in total. The van der Waals surface area contributed by atoms with Gasteiger partial charge in [0, 0.05) is 31.9 Å². The lowest BCUT2D eigenvalue weighted by Gasteiger charge is -2.34. The van der Waals surface area contributed by atoms with Crippen LogP contribution in [0.1, 0.15) is 39.3 Å². The highest BCUT2D eigenvalue weighted by atomic mass is 35.5. The van der Waals surface area contributed by atoms with E-state index in [9.17, 15) is 4.79 Å². The highest BCUT2D eigenvalue weighted by Gasteiger charge is 2.29. The predicted octanol–water partition coefficient (Wildman–Crippen LogP) is 2.80. The third-order valence-electron chi connectivity index (χ3n) is 4.26. The SMILES string of the molecule is CC(C)(C)[C@H](N)C(=O)NC1CCN(Cc2ccccn2)CC1.Cl.Cl.Cl. The van der Waals surface area contributed by atoms with Gasteiger partial charge in [-0.3, -0.25) is 14.7 Å². The van der Waals surface area contributed by atoms with Gasteiger partial charge in [0.2, 0.25) is 5.91 Å². The van der Waals surface area contributed by atoms with E-state index in [4.69, 9.17) is 5.73 Å². The first-order valence-electron chi connectivity index (χ1n) is 8.04. The minimum absolute atomic E-state index is 0. The van der Waals surface area contributed by atoms with Crippen LogP contribution in [0.4, 0.5) is 0 Å². The van der Waals surface area contributed by atoms with Gasteiger partial charge in [-0.1, -0.05) is 26.8 Å². The number of likely N-dealkylation sites (tertiary alicyclic amines) is 1. The van der Waals surface area contributed by atoms with Gasteiger partial charge < -0.3 is 11.1 Å². The zero-order chi connectivity index (χ0) is 16.2. The number of pyridine rings is 1. The van der Waals surface area contributed by atoms with Crippen molar-refractivity contribution < 1.29 is 4.79 Å². The highest BCUT2D eigenvalue weighted by molar-refractivity contribution is 5.86. The number of hydrogen-bond acceptors (Lipinski definition) is 4. The molecule has 1 aromatic rings. The summed E-state index contributed by atoms with van der Waals surface area (Å²) in [6, 6.07) is 5.78. The average Bonchev–Trinajstić information content (AvgIpc) is 2.48. The van der Waals surface area contributed by atoms with Gasteiger partial charge in [0.15, 0.2) is 0 Å². The molecule has 0 aliphatic carbocycles. The Morgan fingerprint density at radius 3 is 2.36 bits per heavy atom. The topological polar surface area (TPSA) is 71.2 Å². The number of piperidine rings is 1. The van der Waals surface area contributed by atoms with E-state index < -0.39 is 6.04 Å². The normalized spacial score (nSPS) is 16.6. The molecular weight excluding hydrogens is 383 g/mol. The molecule has 1 fully saturated rings. The quantitative estimate of drug-likeness (QED) is 0.796. The third-order valence-corrected chi connectivity index (χ3v) is 4.26. The van der Waals surface area contributed by atoms with E-state index in [1.54, 1.807) is 0 Å². The van der Waals surface area contributed by atoms with Crippen molar-refractivity contribution in [3.05, 3.63) is 30.1 Å². The molecular formula is C17H31Cl3N4O. The standard InChI is InChI=1S/C17H28N4O.3ClH/c1-17(2,3)15(18)16(22)20-13-7-10-21(11-8-13)12-14-6-4-5-9-19-14;;;/h4-6,9,13,15H,7-8,10-12,18H2,1-3H3,(H,20,22);3*1H/t15-;;;/m1.../s1. The van der Waals surface area contributed by atoms with Crippen LogP contribution in [-0.2, 0) is 11.3 Å². The van der Waals surface area contributed by atoms with Crippen molar-refractivity contribution in [2.24, 2.45) is 11.1 Å². The Kier molecular flexibility index (Phi) is 12.7. The number of amides is 1. The summed E-state index contributed by atoms with van der Waals surface area (Å²) in [5.74, 6) is -0.0318. The Morgan fingerprint density at radius 2 is 1.88 bits per heavy atom. The van der Waals surface area contributed by atoms with Gasteiger partial charge in [0.25, 0.3) is 0 Å². The maximum Gasteiger partial charge on any atom is 0.237 e. The number of nitrogens with zero attached hydrogens (tertiary/aromatic N) is 2. The maximum absolute atomic E-state index is 12.2. The molecule has 1 aliphatic heterocycles. The monoisotopic (exact) mass is 412 g/mol. The van der Waals surface area contributed by atoms with Crippen molar-refractivity contribution in [3.8, 4) is 0 Å². The van der Waals surface area contributed by atoms with Crippen LogP contribution < -0.4 is 11.1 Å². The number of nitrogens with two attached hydrogens (primary N) is 1. The van der Waals surface area contributed by atoms with Crippen LogP contribution in [-0.4, -0.2) is 41.0 Å². The summed E-state index contributed by atoms with van der Waals surface area (Å²) in [6.07, 6.45) is 3.76. The molecule has 0 unspecified atom stereocenters. The zero-order valence-electron chi connectivity index (χ0n) is 15.1. The van der Waals surface area contributed by atoms with E-state index >= 15 is 0 Å². The highest BCUT2D eigenvalue weighted by Crippen LogP contribution is 2.18. The van der Waals surface area contributed by atoms with Gasteiger partial charge in [0.05, 0.1) is 11.7 Å². The first-order valence-corrected chi connectivity index (χ1v) is 8.04. The van der Waals surface area contributed by atoms with Crippen molar-refractivity contribution in [2.75, 3.05) is 13.1 Å². The lowest BCUT2D eigenvalue weighted by Crippen LogP contribution is -2.53. The molecule has 1 aliphatic rings. The summed E-state index contributed by atoms with van der Waals surface area (Å²) in [5.41, 5.74) is 6.90. The second kappa shape index (κ2) is 11.9. The van der Waals surface area contributed by atoms with Crippen molar-refractivity contribution in [2.45, 2.75) is 52.2 Å². The summed E-state index contributed by atoms with van der Waals surface area (Å²) >= 11 is 0. The lowest BCUT2D eigenvalue weighted by atomic mass is 9.86. The first kappa shape index (κ1) is 26.6. The second-order valence-electron chi connectivity index (χ2n) is 7.22. The van der Waals surface area contributed by atoms with Crippen molar-refractivity contribution in [3.63, 3.8) is 0 Å². The molecule has 3 N–H and O–H groups in total. The molecule has 0 bridgehead atoms. The number of aromatic nitrogens is 1. The number of rotatable bonds is 4. The molecule has 8 heteroatoms. The molecule has 0 saturated carbocycles. The summed E-state index contributed by atoms with van der Waals surface area (Å²) in [7, 11) is 0. The summed E-state index contributed by atoms with van der Waals surface area (Å²) in [4.78, 5) is 18.9. The number of carbonyl (C=O) groups excluding carboxylic acids is 1. The Hall–Kier alpha value is -0.590. The summed E-state index contributed by atoms with van der Waals surface area (Å²) in [6.45, 7) is 8.81. The smallest absolute Gasteiger partial charge is 0.237 e. The Balaban J connectivity index is 0. The van der Waals surface area contributed by atoms with Gasteiger partial charge >= 0.3 is 0 Å². The zero-order valence-corrected chi connectivity index (χ0v) is 17.6. The molecule has 25 heavy (non-hydrogen) atoms. The fourth-order valence-electron chi connectivity index (χ4n) is 2.64. The van der Waals surface area contributed by atoms with Gasteiger partial charge in [0.1, 0.15) is 0 Å². The Bertz CT molecular complexity index is 488. The number of carbonyl (C=O) groups is 1. The van der Waals surface area contributed by atoms with Crippen LogP contribution in [0.3, 0.4) is 0 Å². The Morgan fingerprint density at radius 1 is 1.28 bits per heavy atom. The minimum Gasteiger partial charge on any atom is -0.352 e. The number of halogens is 3. The van der Waals surface area contributed by atoms with Crippen LogP contribution >= 0.6 is 37.2 Å². The fourth-order valence-corrected chi connectivity index (χ4v) is 2.64. The molecule has 2 rings (SSSR count). The molecule has 1 amide bonds. The number of hydrogen-bond donors (Lipinski definition) is 2. The lowest BCUT2D eigenvalue weighted by molar-refractivity contribution is -0.125. The van der Waals surface area contributed by atoms with Crippen molar-refractivity contribution in [1.82, 2.24) is 15.2 Å². The molecule has 1 atom stereocenters. The number of nitrogens with one attached hydrogen (secondary N) is 1. The average molecular weight is 414 g/mol. The molecule has 146 valence electrons. The van der Waals surface area contributed by atoms with Crippen LogP contribution in [0.5, 0.6) is 0 Å². The second-order valence-corrected chi connectivity index (χ2v) is 7.22. The summed E-state index contributed by atoms with van der Waals surface area (Å²) < 4.78 is 0. The van der Waals surface area contributed by atoms with E-state index in [2.05, 4.69) is 21.3 Å². The molecule has 0 spiro atoms. The van der Waals surface area contributed by atoms with E-state index in [-0.39, 0.29) is 54.6 Å². The van der Waals surface area contributed by atoms with Gasteiger partial charge in [-0.05, 0) is 30.4 Å². The molecule has 0 radical (unpaired) electrons.